The summed E-state index contributed by atoms with van der Waals surface area (Å²) in [6.45, 7) is 1.73. The highest BCUT2D eigenvalue weighted by atomic mass is 16.6. The lowest BCUT2D eigenvalue weighted by Crippen LogP contribution is -2.46. The van der Waals surface area contributed by atoms with Crippen LogP contribution in [0, 0.1) is 5.92 Å². The van der Waals surface area contributed by atoms with Gasteiger partial charge in [-0.05, 0) is 30.7 Å². The van der Waals surface area contributed by atoms with Crippen LogP contribution >= 0.6 is 0 Å². The van der Waals surface area contributed by atoms with Gasteiger partial charge in [-0.1, -0.05) is 30.3 Å². The van der Waals surface area contributed by atoms with Gasteiger partial charge in [0.15, 0.2) is 0 Å². The van der Waals surface area contributed by atoms with Gasteiger partial charge in [0.2, 0.25) is 0 Å². The highest BCUT2D eigenvalue weighted by Gasteiger charge is 2.28. The van der Waals surface area contributed by atoms with Crippen LogP contribution in [0.1, 0.15) is 24.8 Å². The number of nitrogens with two attached hydrogens (primary N) is 1. The predicted octanol–water partition coefficient (Wildman–Crippen LogP) is 1.74. The molecule has 1 saturated heterocycles. The van der Waals surface area contributed by atoms with Crippen LogP contribution < -0.4 is 5.73 Å². The number of rotatable bonds is 5. The zero-order valence-corrected chi connectivity index (χ0v) is 12.3. The lowest BCUT2D eigenvalue weighted by molar-refractivity contribution is 0.0741. The van der Waals surface area contributed by atoms with E-state index in [0.29, 0.717) is 19.6 Å². The average molecular weight is 292 g/mol. The van der Waals surface area contributed by atoms with Gasteiger partial charge in [0, 0.05) is 25.7 Å². The van der Waals surface area contributed by atoms with Crippen LogP contribution in [0.2, 0.25) is 0 Å². The molecule has 1 amide bonds. The van der Waals surface area contributed by atoms with Crippen LogP contribution in [-0.4, -0.2) is 41.8 Å². The molecule has 5 nitrogen and oxygen atoms in total. The fraction of sp³-hybridized carbons (Fsp3) is 0.562. The van der Waals surface area contributed by atoms with Crippen molar-refractivity contribution in [3.63, 3.8) is 0 Å². The largest absolute Gasteiger partial charge is 0.445 e. The fourth-order valence-electron chi connectivity index (χ4n) is 2.72. The number of benzene rings is 1. The van der Waals surface area contributed by atoms with Crippen LogP contribution in [0.15, 0.2) is 30.3 Å². The minimum atomic E-state index is -0.278. The molecule has 0 aromatic heterocycles. The first kappa shape index (κ1) is 15.8. The highest BCUT2D eigenvalue weighted by Crippen LogP contribution is 2.21. The molecule has 116 valence electrons. The van der Waals surface area contributed by atoms with E-state index in [-0.39, 0.29) is 24.7 Å². The smallest absolute Gasteiger partial charge is 0.410 e. The standard InChI is InChI=1S/C16H24N2O3/c17-15(8-10-19)14-7-4-9-18(11-14)16(20)21-12-13-5-2-1-3-6-13/h1-3,5-6,14-15,19H,4,7-12,17H2. The molecule has 21 heavy (non-hydrogen) atoms. The Morgan fingerprint density at radius 3 is 2.90 bits per heavy atom. The Bertz CT molecular complexity index is 438. The van der Waals surface area contributed by atoms with Crippen molar-refractivity contribution in [1.29, 1.82) is 0 Å². The Balaban J connectivity index is 1.81. The summed E-state index contributed by atoms with van der Waals surface area (Å²) in [7, 11) is 0. The zero-order chi connectivity index (χ0) is 15.1. The molecule has 0 saturated carbocycles. The van der Waals surface area contributed by atoms with Crippen molar-refractivity contribution in [2.75, 3.05) is 19.7 Å². The molecule has 1 heterocycles. The van der Waals surface area contributed by atoms with Crippen molar-refractivity contribution >= 4 is 6.09 Å². The average Bonchev–Trinajstić information content (AvgIpc) is 2.54. The number of hydrogen-bond donors (Lipinski definition) is 2. The van der Waals surface area contributed by atoms with E-state index in [1.807, 2.05) is 30.3 Å². The highest BCUT2D eigenvalue weighted by molar-refractivity contribution is 5.67. The van der Waals surface area contributed by atoms with Gasteiger partial charge >= 0.3 is 6.09 Å². The SMILES string of the molecule is NC(CCO)C1CCCN(C(=O)OCc2ccccc2)C1. The van der Waals surface area contributed by atoms with Crippen LogP contribution in [0.4, 0.5) is 4.79 Å². The first-order valence-electron chi connectivity index (χ1n) is 7.52. The topological polar surface area (TPSA) is 75.8 Å². The summed E-state index contributed by atoms with van der Waals surface area (Å²) in [6.07, 6.45) is 2.24. The second-order valence-electron chi connectivity index (χ2n) is 5.56. The molecule has 0 spiro atoms. The Kier molecular flexibility index (Phi) is 6.02. The van der Waals surface area contributed by atoms with E-state index in [0.717, 1.165) is 24.9 Å². The van der Waals surface area contributed by atoms with Crippen molar-refractivity contribution in [2.24, 2.45) is 11.7 Å². The van der Waals surface area contributed by atoms with Crippen LogP contribution in [-0.2, 0) is 11.3 Å². The Labute approximate surface area is 125 Å². The van der Waals surface area contributed by atoms with Crippen molar-refractivity contribution in [2.45, 2.75) is 31.9 Å². The first-order valence-corrected chi connectivity index (χ1v) is 7.52. The van der Waals surface area contributed by atoms with E-state index in [2.05, 4.69) is 0 Å². The van der Waals surface area contributed by atoms with E-state index in [1.165, 1.54) is 0 Å². The van der Waals surface area contributed by atoms with Gasteiger partial charge in [-0.15, -0.1) is 0 Å². The van der Waals surface area contributed by atoms with E-state index in [4.69, 9.17) is 15.6 Å². The van der Waals surface area contributed by atoms with E-state index in [9.17, 15) is 4.79 Å². The summed E-state index contributed by atoms with van der Waals surface area (Å²) in [5, 5.41) is 8.97. The molecular weight excluding hydrogens is 268 g/mol. The molecule has 5 heteroatoms. The maximum atomic E-state index is 12.1. The summed E-state index contributed by atoms with van der Waals surface area (Å²) >= 11 is 0. The van der Waals surface area contributed by atoms with Crippen LogP contribution in [0.5, 0.6) is 0 Å². The molecule has 1 aromatic carbocycles. The maximum absolute atomic E-state index is 12.1. The van der Waals surface area contributed by atoms with Gasteiger partial charge in [-0.25, -0.2) is 4.79 Å². The molecule has 3 N–H and O–H groups in total. The summed E-state index contributed by atoms with van der Waals surface area (Å²) in [5.41, 5.74) is 7.03. The van der Waals surface area contributed by atoms with Crippen molar-refractivity contribution in [1.82, 2.24) is 4.90 Å². The number of likely N-dealkylation sites (tertiary alicyclic amines) is 1. The van der Waals surface area contributed by atoms with Crippen molar-refractivity contribution < 1.29 is 14.6 Å². The number of carbonyl (C=O) groups is 1. The predicted molar refractivity (Wildman–Crippen MR) is 80.6 cm³/mol. The summed E-state index contributed by atoms with van der Waals surface area (Å²) in [5.74, 6) is 0.246. The number of amides is 1. The number of nitrogens with zero attached hydrogens (tertiary/aromatic N) is 1. The van der Waals surface area contributed by atoms with Crippen molar-refractivity contribution in [3.05, 3.63) is 35.9 Å². The van der Waals surface area contributed by atoms with Crippen LogP contribution in [0.25, 0.3) is 0 Å². The zero-order valence-electron chi connectivity index (χ0n) is 12.3. The third kappa shape index (κ3) is 4.72. The van der Waals surface area contributed by atoms with Gasteiger partial charge in [0.1, 0.15) is 6.61 Å². The lowest BCUT2D eigenvalue weighted by Gasteiger charge is -2.34. The molecule has 1 aliphatic heterocycles. The molecular formula is C16H24N2O3. The number of carbonyl (C=O) groups excluding carboxylic acids is 1. The number of hydrogen-bond acceptors (Lipinski definition) is 4. The van der Waals surface area contributed by atoms with Gasteiger partial charge in [0.05, 0.1) is 0 Å². The summed E-state index contributed by atoms with van der Waals surface area (Å²) in [4.78, 5) is 13.8. The van der Waals surface area contributed by atoms with E-state index in [1.54, 1.807) is 4.90 Å². The Morgan fingerprint density at radius 1 is 1.43 bits per heavy atom. The van der Waals surface area contributed by atoms with Crippen molar-refractivity contribution in [3.8, 4) is 0 Å². The third-order valence-electron chi connectivity index (χ3n) is 3.99. The molecule has 2 unspecified atom stereocenters. The van der Waals surface area contributed by atoms with E-state index < -0.39 is 0 Å². The second kappa shape index (κ2) is 8.00. The maximum Gasteiger partial charge on any atom is 0.410 e. The number of piperidine rings is 1. The lowest BCUT2D eigenvalue weighted by atomic mass is 9.90. The van der Waals surface area contributed by atoms with Gasteiger partial charge in [-0.3, -0.25) is 0 Å². The molecule has 2 rings (SSSR count). The van der Waals surface area contributed by atoms with Crippen LogP contribution in [0.3, 0.4) is 0 Å². The quantitative estimate of drug-likeness (QED) is 0.867. The molecule has 1 fully saturated rings. The molecule has 1 aromatic rings. The molecule has 1 aliphatic rings. The normalized spacial score (nSPS) is 20.1. The van der Waals surface area contributed by atoms with Gasteiger partial charge in [-0.2, -0.15) is 0 Å². The molecule has 0 aliphatic carbocycles. The monoisotopic (exact) mass is 292 g/mol. The third-order valence-corrected chi connectivity index (χ3v) is 3.99. The number of aliphatic hydroxyl groups excluding tert-OH is 1. The minimum Gasteiger partial charge on any atom is -0.445 e. The summed E-state index contributed by atoms with van der Waals surface area (Å²) in [6, 6.07) is 9.59. The van der Waals surface area contributed by atoms with Gasteiger partial charge in [0.25, 0.3) is 0 Å². The second-order valence-corrected chi connectivity index (χ2v) is 5.56. The minimum absolute atomic E-state index is 0.0558. The fourth-order valence-corrected chi connectivity index (χ4v) is 2.72. The molecule has 0 bridgehead atoms. The van der Waals surface area contributed by atoms with Gasteiger partial charge < -0.3 is 20.5 Å². The number of ether oxygens (including phenoxy) is 1. The Hall–Kier alpha value is -1.59. The number of aliphatic hydroxyl groups is 1. The molecule has 0 radical (unpaired) electrons. The summed E-state index contributed by atoms with van der Waals surface area (Å²) < 4.78 is 5.35. The van der Waals surface area contributed by atoms with E-state index >= 15 is 0 Å². The molecule has 2 atom stereocenters. The first-order chi connectivity index (χ1) is 10.2. The Morgan fingerprint density at radius 2 is 2.19 bits per heavy atom.